The molecule has 0 saturated carbocycles. The fourth-order valence-electron chi connectivity index (χ4n) is 2.63. The number of hydrogen-bond donors (Lipinski definition) is 2. The van der Waals surface area contributed by atoms with Crippen LogP contribution in [0.2, 0.25) is 0 Å². The number of carbonyl (C=O) groups is 1. The van der Waals surface area contributed by atoms with Crippen LogP contribution in [0.3, 0.4) is 0 Å². The number of nitrogens with two attached hydrogens (primary N) is 1. The second-order valence-electron chi connectivity index (χ2n) is 6.07. The third-order valence-corrected chi connectivity index (χ3v) is 3.82. The maximum absolute atomic E-state index is 12.1. The minimum absolute atomic E-state index is 0.0588. The Balaban J connectivity index is 1.89. The molecule has 0 aliphatic rings. The Morgan fingerprint density at radius 1 is 1.08 bits per heavy atom. The molecule has 0 bridgehead atoms. The normalized spacial score (nSPS) is 12.2. The summed E-state index contributed by atoms with van der Waals surface area (Å²) in [6, 6.07) is 16.1. The molecule has 2 aromatic carbocycles. The lowest BCUT2D eigenvalue weighted by Gasteiger charge is -2.19. The van der Waals surface area contributed by atoms with Crippen LogP contribution < -0.4 is 15.4 Å². The number of quaternary nitrogens is 1. The molecule has 3 N–H and O–H groups in total. The Morgan fingerprint density at radius 3 is 2.28 bits per heavy atom. The number of benzene rings is 2. The van der Waals surface area contributed by atoms with Crippen LogP contribution in [0.5, 0.6) is 5.75 Å². The number of hydrogen-bond acceptors (Lipinski definition) is 2. The van der Waals surface area contributed by atoms with E-state index in [1.807, 2.05) is 23.5 Å². The number of carbonyl (C=O) groups excluding carboxylic acids is 1. The second-order valence-corrected chi connectivity index (χ2v) is 6.07. The van der Waals surface area contributed by atoms with Crippen LogP contribution in [-0.4, -0.2) is 19.1 Å². The molecular formula is C19H23F2N2O2+. The molecule has 4 nitrogen and oxygen atoms in total. The minimum Gasteiger partial charge on any atom is -0.435 e. The molecule has 0 aromatic heterocycles. The van der Waals surface area contributed by atoms with Crippen molar-refractivity contribution in [1.29, 1.82) is 0 Å². The molecule has 25 heavy (non-hydrogen) atoms. The van der Waals surface area contributed by atoms with Gasteiger partial charge in [-0.25, -0.2) is 0 Å². The van der Waals surface area contributed by atoms with Gasteiger partial charge in [-0.05, 0) is 24.3 Å². The highest BCUT2D eigenvalue weighted by molar-refractivity contribution is 5.91. The molecule has 1 amide bonds. The summed E-state index contributed by atoms with van der Waals surface area (Å²) in [6.07, 6.45) is 0. The van der Waals surface area contributed by atoms with Gasteiger partial charge in [0.2, 0.25) is 0 Å². The summed E-state index contributed by atoms with van der Waals surface area (Å²) in [6.45, 7) is 1.65. The first kappa shape index (κ1) is 18.9. The van der Waals surface area contributed by atoms with E-state index in [-0.39, 0.29) is 24.2 Å². The summed E-state index contributed by atoms with van der Waals surface area (Å²) in [4.78, 5) is 12.1. The number of ether oxygens (including phenoxy) is 1. The van der Waals surface area contributed by atoms with E-state index in [1.165, 1.54) is 29.8 Å². The van der Waals surface area contributed by atoms with E-state index < -0.39 is 6.61 Å². The SMILES string of the molecule is CC(C)[C@H]([NH2+]CC(=O)Nc1ccc(OC(F)F)cc1)c1ccccc1. The van der Waals surface area contributed by atoms with Crippen molar-refractivity contribution in [2.75, 3.05) is 11.9 Å². The predicted octanol–water partition coefficient (Wildman–Crippen LogP) is 3.19. The Morgan fingerprint density at radius 2 is 1.72 bits per heavy atom. The minimum atomic E-state index is -2.86. The number of alkyl halides is 2. The van der Waals surface area contributed by atoms with E-state index in [4.69, 9.17) is 0 Å². The van der Waals surface area contributed by atoms with Gasteiger partial charge in [-0.15, -0.1) is 0 Å². The van der Waals surface area contributed by atoms with Crippen LogP contribution in [0, 0.1) is 5.92 Å². The Kier molecular flexibility index (Phi) is 6.89. The Labute approximate surface area is 146 Å². The molecule has 0 fully saturated rings. The van der Waals surface area contributed by atoms with Crippen LogP contribution in [-0.2, 0) is 4.79 Å². The van der Waals surface area contributed by atoms with Crippen molar-refractivity contribution < 1.29 is 23.6 Å². The molecule has 6 heteroatoms. The van der Waals surface area contributed by atoms with Gasteiger partial charge in [-0.3, -0.25) is 4.79 Å². The lowest BCUT2D eigenvalue weighted by Crippen LogP contribution is -2.88. The second kappa shape index (κ2) is 9.13. The number of halogens is 2. The number of rotatable bonds is 8. The van der Waals surface area contributed by atoms with Gasteiger partial charge < -0.3 is 15.4 Å². The van der Waals surface area contributed by atoms with Crippen molar-refractivity contribution in [3.63, 3.8) is 0 Å². The standard InChI is InChI=1S/C19H22F2N2O2/c1-13(2)18(14-6-4-3-5-7-14)22-12-17(24)23-15-8-10-16(11-9-15)25-19(20)21/h3-11,13,18-19,22H,12H2,1-2H3,(H,23,24)/p+1/t18-/m0/s1. The summed E-state index contributed by atoms with van der Waals surface area (Å²) >= 11 is 0. The summed E-state index contributed by atoms with van der Waals surface area (Å²) in [5, 5.41) is 4.76. The maximum atomic E-state index is 12.1. The molecule has 134 valence electrons. The van der Waals surface area contributed by atoms with Gasteiger partial charge in [-0.2, -0.15) is 8.78 Å². The van der Waals surface area contributed by atoms with Crippen LogP contribution in [0.15, 0.2) is 54.6 Å². The van der Waals surface area contributed by atoms with E-state index >= 15 is 0 Å². The van der Waals surface area contributed by atoms with Gasteiger partial charge in [-0.1, -0.05) is 44.2 Å². The van der Waals surface area contributed by atoms with E-state index in [9.17, 15) is 13.6 Å². The third kappa shape index (κ3) is 6.15. The van der Waals surface area contributed by atoms with Crippen molar-refractivity contribution in [2.45, 2.75) is 26.5 Å². The van der Waals surface area contributed by atoms with Gasteiger partial charge in [0.25, 0.3) is 5.91 Å². The van der Waals surface area contributed by atoms with Crippen molar-refractivity contribution in [3.8, 4) is 5.75 Å². The largest absolute Gasteiger partial charge is 0.435 e. The maximum Gasteiger partial charge on any atom is 0.387 e. The summed E-state index contributed by atoms with van der Waals surface area (Å²) < 4.78 is 28.5. The molecule has 0 spiro atoms. The molecule has 0 aliphatic heterocycles. The van der Waals surface area contributed by atoms with Crippen molar-refractivity contribution in [2.24, 2.45) is 5.92 Å². The number of amides is 1. The van der Waals surface area contributed by atoms with Crippen molar-refractivity contribution in [1.82, 2.24) is 0 Å². The average molecular weight is 349 g/mol. The first-order valence-corrected chi connectivity index (χ1v) is 8.18. The smallest absolute Gasteiger partial charge is 0.387 e. The van der Waals surface area contributed by atoms with Crippen LogP contribution in [0.25, 0.3) is 0 Å². The zero-order valence-corrected chi connectivity index (χ0v) is 14.3. The highest BCUT2D eigenvalue weighted by Gasteiger charge is 2.20. The topological polar surface area (TPSA) is 54.9 Å². The fraction of sp³-hybridized carbons (Fsp3) is 0.316. The first-order valence-electron chi connectivity index (χ1n) is 8.18. The average Bonchev–Trinajstić information content (AvgIpc) is 2.57. The van der Waals surface area contributed by atoms with Crippen LogP contribution >= 0.6 is 0 Å². The molecule has 0 heterocycles. The van der Waals surface area contributed by atoms with E-state index in [0.717, 1.165) is 0 Å². The zero-order chi connectivity index (χ0) is 18.2. The van der Waals surface area contributed by atoms with Gasteiger partial charge in [0.15, 0.2) is 6.54 Å². The summed E-state index contributed by atoms with van der Waals surface area (Å²) in [5.74, 6) is 0.286. The molecule has 0 radical (unpaired) electrons. The quantitative estimate of drug-likeness (QED) is 0.769. The molecule has 1 atom stereocenters. The zero-order valence-electron chi connectivity index (χ0n) is 14.3. The van der Waals surface area contributed by atoms with Gasteiger partial charge >= 0.3 is 6.61 Å². The van der Waals surface area contributed by atoms with E-state index in [0.29, 0.717) is 11.6 Å². The lowest BCUT2D eigenvalue weighted by atomic mass is 9.96. The molecule has 2 aromatic rings. The first-order chi connectivity index (χ1) is 12.0. The van der Waals surface area contributed by atoms with Crippen LogP contribution in [0.1, 0.15) is 25.5 Å². The summed E-state index contributed by atoms with van der Waals surface area (Å²) in [7, 11) is 0. The highest BCUT2D eigenvalue weighted by Crippen LogP contribution is 2.18. The molecule has 0 aliphatic carbocycles. The molecular weight excluding hydrogens is 326 g/mol. The van der Waals surface area contributed by atoms with Crippen molar-refractivity contribution in [3.05, 3.63) is 60.2 Å². The summed E-state index contributed by atoms with van der Waals surface area (Å²) in [5.41, 5.74) is 1.72. The van der Waals surface area contributed by atoms with Gasteiger partial charge in [0.05, 0.1) is 0 Å². The van der Waals surface area contributed by atoms with E-state index in [1.54, 1.807) is 0 Å². The monoisotopic (exact) mass is 349 g/mol. The molecule has 2 rings (SSSR count). The molecule has 0 saturated heterocycles. The number of anilines is 1. The van der Waals surface area contributed by atoms with Gasteiger partial charge in [0, 0.05) is 17.2 Å². The number of nitrogens with one attached hydrogen (secondary N) is 1. The van der Waals surface area contributed by atoms with E-state index in [2.05, 4.69) is 36.0 Å². The Bertz CT molecular complexity index is 661. The van der Waals surface area contributed by atoms with Crippen LogP contribution in [0.4, 0.5) is 14.5 Å². The Hall–Kier alpha value is -2.47. The fourth-order valence-corrected chi connectivity index (χ4v) is 2.63. The predicted molar refractivity (Wildman–Crippen MR) is 92.5 cm³/mol. The third-order valence-electron chi connectivity index (χ3n) is 3.82. The van der Waals surface area contributed by atoms with Gasteiger partial charge in [0.1, 0.15) is 11.8 Å². The molecule has 0 unspecified atom stereocenters. The lowest BCUT2D eigenvalue weighted by molar-refractivity contribution is -0.692. The van der Waals surface area contributed by atoms with Crippen molar-refractivity contribution >= 4 is 11.6 Å². The highest BCUT2D eigenvalue weighted by atomic mass is 19.3.